The van der Waals surface area contributed by atoms with Gasteiger partial charge in [0.1, 0.15) is 17.7 Å². The molecule has 5 heteroatoms. The van der Waals surface area contributed by atoms with Gasteiger partial charge in [-0.15, -0.1) is 0 Å². The van der Waals surface area contributed by atoms with Gasteiger partial charge in [0.15, 0.2) is 0 Å². The molecule has 2 N–H and O–H groups in total. The van der Waals surface area contributed by atoms with Gasteiger partial charge in [-0.05, 0) is 44.2 Å². The van der Waals surface area contributed by atoms with Crippen LogP contribution in [0.25, 0.3) is 0 Å². The van der Waals surface area contributed by atoms with Crippen molar-refractivity contribution in [3.63, 3.8) is 0 Å². The second-order valence-corrected chi connectivity index (χ2v) is 5.59. The number of hydrogen-bond donors (Lipinski definition) is 2. The van der Waals surface area contributed by atoms with Crippen molar-refractivity contribution >= 4 is 11.6 Å². The largest absolute Gasteiger partial charge is 0.359 e. The number of carbonyl (C=O) groups excluding carboxylic acids is 1. The van der Waals surface area contributed by atoms with Crippen LogP contribution in [0, 0.1) is 22.7 Å². The number of amides is 1. The Labute approximate surface area is 142 Å². The van der Waals surface area contributed by atoms with Gasteiger partial charge in [-0.2, -0.15) is 10.5 Å². The minimum absolute atomic E-state index is 0.0468. The van der Waals surface area contributed by atoms with Gasteiger partial charge in [0.25, 0.3) is 5.91 Å². The molecule has 0 unspecified atom stereocenters. The van der Waals surface area contributed by atoms with E-state index in [4.69, 9.17) is 10.5 Å². The van der Waals surface area contributed by atoms with Gasteiger partial charge in [-0.3, -0.25) is 4.79 Å². The Morgan fingerprint density at radius 3 is 2.71 bits per heavy atom. The summed E-state index contributed by atoms with van der Waals surface area (Å²) in [6, 6.07) is 10.6. The van der Waals surface area contributed by atoms with E-state index < -0.39 is 0 Å². The van der Waals surface area contributed by atoms with Gasteiger partial charge in [-0.25, -0.2) is 0 Å². The van der Waals surface area contributed by atoms with E-state index in [2.05, 4.69) is 16.7 Å². The number of rotatable bonds is 6. The van der Waals surface area contributed by atoms with Gasteiger partial charge in [0.2, 0.25) is 0 Å². The van der Waals surface area contributed by atoms with Crippen LogP contribution in [0.1, 0.15) is 42.5 Å². The molecule has 1 aliphatic carbocycles. The third kappa shape index (κ3) is 5.00. The average Bonchev–Trinajstić information content (AvgIpc) is 2.63. The molecule has 0 atom stereocenters. The fraction of sp³-hybridized carbons (Fsp3) is 0.316. The minimum atomic E-state index is -0.168. The normalized spacial score (nSPS) is 13.0. The lowest BCUT2D eigenvalue weighted by Crippen LogP contribution is -2.25. The molecule has 24 heavy (non-hydrogen) atoms. The van der Waals surface area contributed by atoms with E-state index in [0.29, 0.717) is 17.8 Å². The number of para-hydroxylation sites is 1. The van der Waals surface area contributed by atoms with E-state index in [1.807, 2.05) is 0 Å². The van der Waals surface area contributed by atoms with Crippen molar-refractivity contribution in [2.45, 2.75) is 32.1 Å². The molecule has 0 spiro atoms. The SMILES string of the molecule is N#CC(C#N)=CNc1ccccc1C(=O)NCCC1=CCCCC1. The smallest absolute Gasteiger partial charge is 0.253 e. The second-order valence-electron chi connectivity index (χ2n) is 5.59. The van der Waals surface area contributed by atoms with Gasteiger partial charge < -0.3 is 10.6 Å². The Hall–Kier alpha value is -3.05. The number of anilines is 1. The Kier molecular flexibility index (Phi) is 6.61. The highest BCUT2D eigenvalue weighted by Gasteiger charge is 2.11. The van der Waals surface area contributed by atoms with Crippen molar-refractivity contribution in [3.8, 4) is 12.1 Å². The number of nitrogens with one attached hydrogen (secondary N) is 2. The van der Waals surface area contributed by atoms with Crippen LogP contribution in [-0.4, -0.2) is 12.5 Å². The molecule has 122 valence electrons. The van der Waals surface area contributed by atoms with Crippen molar-refractivity contribution in [2.24, 2.45) is 0 Å². The lowest BCUT2D eigenvalue weighted by Gasteiger charge is -2.14. The summed E-state index contributed by atoms with van der Waals surface area (Å²) in [5, 5.41) is 23.3. The predicted molar refractivity (Wildman–Crippen MR) is 92.9 cm³/mol. The molecule has 0 aliphatic heterocycles. The summed E-state index contributed by atoms with van der Waals surface area (Å²) in [5.74, 6) is -0.168. The van der Waals surface area contributed by atoms with E-state index >= 15 is 0 Å². The zero-order valence-corrected chi connectivity index (χ0v) is 13.5. The molecule has 1 aromatic carbocycles. The Morgan fingerprint density at radius 1 is 1.21 bits per heavy atom. The molecule has 0 saturated heterocycles. The molecule has 0 bridgehead atoms. The zero-order chi connectivity index (χ0) is 17.2. The molecule has 0 aromatic heterocycles. The monoisotopic (exact) mass is 320 g/mol. The van der Waals surface area contributed by atoms with Crippen LogP contribution >= 0.6 is 0 Å². The van der Waals surface area contributed by atoms with E-state index in [9.17, 15) is 4.79 Å². The summed E-state index contributed by atoms with van der Waals surface area (Å²) in [6.07, 6.45) is 9.23. The van der Waals surface area contributed by atoms with Crippen molar-refractivity contribution < 1.29 is 4.79 Å². The summed E-state index contributed by atoms with van der Waals surface area (Å²) < 4.78 is 0. The topological polar surface area (TPSA) is 88.7 Å². The van der Waals surface area contributed by atoms with Crippen molar-refractivity contribution in [1.82, 2.24) is 5.32 Å². The molecule has 1 amide bonds. The maximum absolute atomic E-state index is 12.4. The molecule has 0 saturated carbocycles. The van der Waals surface area contributed by atoms with Gasteiger partial charge in [0.05, 0.1) is 11.3 Å². The van der Waals surface area contributed by atoms with E-state index in [1.54, 1.807) is 36.4 Å². The first-order chi connectivity index (χ1) is 11.7. The lowest BCUT2D eigenvalue weighted by molar-refractivity contribution is 0.0955. The molecule has 0 heterocycles. The molecule has 0 fully saturated rings. The van der Waals surface area contributed by atoms with Crippen LogP contribution in [0.15, 0.2) is 47.7 Å². The first kappa shape index (κ1) is 17.3. The number of carbonyl (C=O) groups is 1. The maximum Gasteiger partial charge on any atom is 0.253 e. The van der Waals surface area contributed by atoms with Crippen LogP contribution in [-0.2, 0) is 0 Å². The molecule has 2 rings (SSSR count). The van der Waals surface area contributed by atoms with Crippen molar-refractivity contribution in [2.75, 3.05) is 11.9 Å². The lowest BCUT2D eigenvalue weighted by atomic mass is 9.97. The summed E-state index contributed by atoms with van der Waals surface area (Å²) in [4.78, 5) is 12.4. The maximum atomic E-state index is 12.4. The number of hydrogen-bond acceptors (Lipinski definition) is 4. The van der Waals surface area contributed by atoms with E-state index in [-0.39, 0.29) is 11.5 Å². The molecular weight excluding hydrogens is 300 g/mol. The highest BCUT2D eigenvalue weighted by molar-refractivity contribution is 5.99. The highest BCUT2D eigenvalue weighted by Crippen LogP contribution is 2.20. The molecule has 5 nitrogen and oxygen atoms in total. The molecule has 1 aliphatic rings. The summed E-state index contributed by atoms with van der Waals surface area (Å²) >= 11 is 0. The van der Waals surface area contributed by atoms with Crippen molar-refractivity contribution in [3.05, 3.63) is 53.3 Å². The van der Waals surface area contributed by atoms with Crippen molar-refractivity contribution in [1.29, 1.82) is 10.5 Å². The Morgan fingerprint density at radius 2 is 2.00 bits per heavy atom. The molecular formula is C19H20N4O. The molecule has 0 radical (unpaired) electrons. The Balaban J connectivity index is 1.96. The van der Waals surface area contributed by atoms with Gasteiger partial charge in [-0.1, -0.05) is 23.8 Å². The number of nitriles is 2. The minimum Gasteiger partial charge on any atom is -0.359 e. The van der Waals surface area contributed by atoms with Gasteiger partial charge in [0, 0.05) is 12.7 Å². The number of nitrogens with zero attached hydrogens (tertiary/aromatic N) is 2. The number of benzene rings is 1. The van der Waals surface area contributed by atoms with Crippen LogP contribution in [0.4, 0.5) is 5.69 Å². The third-order valence-electron chi connectivity index (χ3n) is 3.90. The third-order valence-corrected chi connectivity index (χ3v) is 3.90. The first-order valence-electron chi connectivity index (χ1n) is 8.06. The van der Waals surface area contributed by atoms with Gasteiger partial charge >= 0.3 is 0 Å². The van der Waals surface area contributed by atoms with E-state index in [0.717, 1.165) is 19.3 Å². The highest BCUT2D eigenvalue weighted by atomic mass is 16.1. The molecule has 1 aromatic rings. The van der Waals surface area contributed by atoms with Crippen LogP contribution in [0.2, 0.25) is 0 Å². The first-order valence-corrected chi connectivity index (χ1v) is 8.06. The summed E-state index contributed by atoms with van der Waals surface area (Å²) in [7, 11) is 0. The van der Waals surface area contributed by atoms with Crippen LogP contribution in [0.5, 0.6) is 0 Å². The zero-order valence-electron chi connectivity index (χ0n) is 13.5. The van der Waals surface area contributed by atoms with Crippen LogP contribution in [0.3, 0.4) is 0 Å². The average molecular weight is 320 g/mol. The Bertz CT molecular complexity index is 718. The summed E-state index contributed by atoms with van der Waals surface area (Å²) in [5.41, 5.74) is 2.43. The summed E-state index contributed by atoms with van der Waals surface area (Å²) in [6.45, 7) is 0.608. The quantitative estimate of drug-likeness (QED) is 0.618. The fourth-order valence-corrected chi connectivity index (χ4v) is 2.61. The number of allylic oxidation sites excluding steroid dienone is 2. The van der Waals surface area contributed by atoms with E-state index in [1.165, 1.54) is 24.6 Å². The van der Waals surface area contributed by atoms with Crippen LogP contribution < -0.4 is 10.6 Å². The standard InChI is InChI=1S/C19H20N4O/c20-12-16(13-21)14-23-18-9-5-4-8-17(18)19(24)22-11-10-15-6-2-1-3-7-15/h4-6,8-9,14,23H,1-3,7,10-11H2,(H,22,24). The second kappa shape index (κ2) is 9.17. The predicted octanol–water partition coefficient (Wildman–Crippen LogP) is 3.65. The fourth-order valence-electron chi connectivity index (χ4n) is 2.61.